The molecule has 0 unspecified atom stereocenters. The van der Waals surface area contributed by atoms with Crippen molar-refractivity contribution in [1.29, 1.82) is 0 Å². The SMILES string of the molecule is c1cc2ccc1Cc1ccc(cc1)NCCCNc1ccc(cc1)Cc1ccc(cc1)NCCCN2. The molecule has 0 radical (unpaired) electrons. The van der Waals surface area contributed by atoms with Crippen molar-refractivity contribution in [3.8, 4) is 0 Å². The summed E-state index contributed by atoms with van der Waals surface area (Å²) in [6, 6.07) is 35.3. The van der Waals surface area contributed by atoms with E-state index in [9.17, 15) is 0 Å². The van der Waals surface area contributed by atoms with Crippen LogP contribution in [-0.2, 0) is 12.8 Å². The average Bonchev–Trinajstić information content (AvgIpc) is 2.92. The first-order chi connectivity index (χ1) is 17.8. The second kappa shape index (κ2) is 12.2. The summed E-state index contributed by atoms with van der Waals surface area (Å²) in [4.78, 5) is 0. The summed E-state index contributed by atoms with van der Waals surface area (Å²) in [5.74, 6) is 0. The minimum Gasteiger partial charge on any atom is -0.385 e. The van der Waals surface area contributed by atoms with Crippen LogP contribution in [0.25, 0.3) is 0 Å². The number of rotatable bonds is 0. The molecule has 4 aromatic rings. The van der Waals surface area contributed by atoms with Crippen molar-refractivity contribution in [1.82, 2.24) is 0 Å². The largest absolute Gasteiger partial charge is 0.385 e. The molecule has 0 fully saturated rings. The molecule has 4 N–H and O–H groups in total. The summed E-state index contributed by atoms with van der Waals surface area (Å²) < 4.78 is 0. The maximum Gasteiger partial charge on any atom is 0.0340 e. The highest BCUT2D eigenvalue weighted by Crippen LogP contribution is 2.18. The van der Waals surface area contributed by atoms with E-state index < -0.39 is 0 Å². The minimum absolute atomic E-state index is 0.948. The molecule has 0 aliphatic carbocycles. The standard InChI is InChI=1S/C32H36N4/c1-19-33-29-11-3-25(4-12-29)23-27-7-15-31(16-8-27)35-21-2-22-36-32-17-9-28(10-18-32)24-26-5-13-30(14-6-26)34-20-1/h3-18,33-36H,1-2,19-24H2. The molecule has 10 aliphatic heterocycles. The zero-order valence-electron chi connectivity index (χ0n) is 20.9. The van der Waals surface area contributed by atoms with Crippen molar-refractivity contribution in [3.63, 3.8) is 0 Å². The number of hydrogen-bond donors (Lipinski definition) is 4. The van der Waals surface area contributed by atoms with Crippen LogP contribution in [0.2, 0.25) is 0 Å². The van der Waals surface area contributed by atoms with Crippen LogP contribution >= 0.6 is 0 Å². The number of hydrogen-bond acceptors (Lipinski definition) is 4. The molecule has 10 heterocycles. The fourth-order valence-corrected chi connectivity index (χ4v) is 4.54. The quantitative estimate of drug-likeness (QED) is 0.220. The monoisotopic (exact) mass is 476 g/mol. The van der Waals surface area contributed by atoms with Gasteiger partial charge in [-0.15, -0.1) is 0 Å². The summed E-state index contributed by atoms with van der Waals surface area (Å²) >= 11 is 0. The highest BCUT2D eigenvalue weighted by Gasteiger charge is 2.01. The van der Waals surface area contributed by atoms with Gasteiger partial charge in [0.25, 0.3) is 0 Å². The van der Waals surface area contributed by atoms with Crippen molar-refractivity contribution >= 4 is 22.7 Å². The normalized spacial score (nSPS) is 14.7. The van der Waals surface area contributed by atoms with Gasteiger partial charge in [0.1, 0.15) is 0 Å². The Bertz CT molecular complexity index is 1000. The van der Waals surface area contributed by atoms with Gasteiger partial charge >= 0.3 is 0 Å². The molecule has 4 aromatic carbocycles. The Morgan fingerprint density at radius 1 is 0.306 bits per heavy atom. The zero-order chi connectivity index (χ0) is 24.4. The van der Waals surface area contributed by atoms with E-state index >= 15 is 0 Å². The summed E-state index contributed by atoms with van der Waals surface area (Å²) in [7, 11) is 0. The number of anilines is 4. The van der Waals surface area contributed by atoms with Crippen molar-refractivity contribution in [2.45, 2.75) is 25.7 Å². The third-order valence-electron chi connectivity index (χ3n) is 6.66. The fourth-order valence-electron chi connectivity index (χ4n) is 4.54. The van der Waals surface area contributed by atoms with Gasteiger partial charge < -0.3 is 21.3 Å². The first-order valence-electron chi connectivity index (χ1n) is 13.1. The first kappa shape index (κ1) is 23.8. The minimum atomic E-state index is 0.948. The smallest absolute Gasteiger partial charge is 0.0340 e. The number of benzene rings is 4. The van der Waals surface area contributed by atoms with Crippen LogP contribution in [0.3, 0.4) is 0 Å². The molecular weight excluding hydrogens is 440 g/mol. The van der Waals surface area contributed by atoms with Gasteiger partial charge in [0, 0.05) is 48.9 Å². The predicted octanol–water partition coefficient (Wildman–Crippen LogP) is 7.01. The summed E-state index contributed by atoms with van der Waals surface area (Å²) in [6.45, 7) is 3.79. The lowest BCUT2D eigenvalue weighted by molar-refractivity contribution is 0.909. The zero-order valence-corrected chi connectivity index (χ0v) is 20.9. The van der Waals surface area contributed by atoms with Crippen molar-refractivity contribution in [2.75, 3.05) is 47.4 Å². The molecule has 8 bridgehead atoms. The maximum absolute atomic E-state index is 3.54. The second-order valence-electron chi connectivity index (χ2n) is 9.56. The highest BCUT2D eigenvalue weighted by molar-refractivity contribution is 5.49. The third kappa shape index (κ3) is 7.05. The Kier molecular flexibility index (Phi) is 8.04. The van der Waals surface area contributed by atoms with Gasteiger partial charge in [-0.3, -0.25) is 0 Å². The van der Waals surface area contributed by atoms with Crippen molar-refractivity contribution < 1.29 is 0 Å². The van der Waals surface area contributed by atoms with Crippen LogP contribution in [0, 0.1) is 0 Å². The summed E-state index contributed by atoms with van der Waals surface area (Å²) in [5.41, 5.74) is 10.0. The summed E-state index contributed by atoms with van der Waals surface area (Å²) in [6.07, 6.45) is 4.02. The van der Waals surface area contributed by atoms with Crippen LogP contribution in [0.5, 0.6) is 0 Å². The molecule has 4 heteroatoms. The molecule has 0 spiro atoms. The van der Waals surface area contributed by atoms with Crippen LogP contribution in [0.15, 0.2) is 97.1 Å². The lowest BCUT2D eigenvalue weighted by atomic mass is 10.0. The van der Waals surface area contributed by atoms with E-state index in [0.717, 1.165) is 51.9 Å². The van der Waals surface area contributed by atoms with Crippen LogP contribution in [0.1, 0.15) is 35.1 Å². The molecular formula is C32H36N4. The van der Waals surface area contributed by atoms with Crippen LogP contribution in [-0.4, -0.2) is 26.2 Å². The second-order valence-corrected chi connectivity index (χ2v) is 9.56. The van der Waals surface area contributed by atoms with Gasteiger partial charge in [-0.05, 0) is 96.5 Å². The van der Waals surface area contributed by atoms with Gasteiger partial charge in [0.15, 0.2) is 0 Å². The van der Waals surface area contributed by atoms with Gasteiger partial charge in [-0.25, -0.2) is 0 Å². The average molecular weight is 477 g/mol. The molecule has 0 saturated heterocycles. The van der Waals surface area contributed by atoms with E-state index in [1.165, 1.54) is 45.0 Å². The van der Waals surface area contributed by atoms with Gasteiger partial charge in [-0.2, -0.15) is 0 Å². The van der Waals surface area contributed by atoms with Gasteiger partial charge in [-0.1, -0.05) is 48.5 Å². The third-order valence-corrected chi connectivity index (χ3v) is 6.66. The molecule has 4 nitrogen and oxygen atoms in total. The van der Waals surface area contributed by atoms with E-state index in [4.69, 9.17) is 0 Å². The van der Waals surface area contributed by atoms with Crippen molar-refractivity contribution in [2.24, 2.45) is 0 Å². The Morgan fingerprint density at radius 2 is 0.528 bits per heavy atom. The maximum atomic E-state index is 3.54. The van der Waals surface area contributed by atoms with E-state index in [2.05, 4.69) is 118 Å². The van der Waals surface area contributed by atoms with Crippen molar-refractivity contribution in [3.05, 3.63) is 119 Å². The molecule has 0 atom stereocenters. The van der Waals surface area contributed by atoms with E-state index in [1.807, 2.05) is 0 Å². The fraction of sp³-hybridized carbons (Fsp3) is 0.250. The van der Waals surface area contributed by atoms with Crippen LogP contribution < -0.4 is 21.3 Å². The molecule has 10 aliphatic rings. The molecule has 0 saturated carbocycles. The lowest BCUT2D eigenvalue weighted by Crippen LogP contribution is -2.09. The summed E-state index contributed by atoms with van der Waals surface area (Å²) in [5, 5.41) is 14.2. The van der Waals surface area contributed by atoms with E-state index in [0.29, 0.717) is 0 Å². The Balaban J connectivity index is 1.23. The Morgan fingerprint density at radius 3 is 0.750 bits per heavy atom. The van der Waals surface area contributed by atoms with Crippen LogP contribution in [0.4, 0.5) is 22.7 Å². The lowest BCUT2D eigenvalue weighted by Gasteiger charge is -2.11. The molecule has 36 heavy (non-hydrogen) atoms. The van der Waals surface area contributed by atoms with Gasteiger partial charge in [0.2, 0.25) is 0 Å². The molecule has 0 amide bonds. The first-order valence-corrected chi connectivity index (χ1v) is 13.1. The Hall–Kier alpha value is -3.92. The highest BCUT2D eigenvalue weighted by atomic mass is 14.9. The Labute approximate surface area is 215 Å². The van der Waals surface area contributed by atoms with E-state index in [-0.39, 0.29) is 0 Å². The molecule has 14 rings (SSSR count). The predicted molar refractivity (Wildman–Crippen MR) is 155 cm³/mol. The topological polar surface area (TPSA) is 48.1 Å². The molecule has 0 aromatic heterocycles. The number of nitrogens with one attached hydrogen (secondary N) is 4. The van der Waals surface area contributed by atoms with Gasteiger partial charge in [0.05, 0.1) is 0 Å². The molecule has 184 valence electrons. The van der Waals surface area contributed by atoms with E-state index in [1.54, 1.807) is 0 Å².